The molecule has 1 amide bonds. The average molecular weight is 259 g/mol. The van der Waals surface area contributed by atoms with Crippen LogP contribution in [-0.4, -0.2) is 12.7 Å². The van der Waals surface area contributed by atoms with Crippen molar-refractivity contribution in [3.8, 4) is 11.5 Å². The Balaban J connectivity index is 1.77. The molecule has 96 valence electrons. The Hall–Kier alpha value is -2.56. The summed E-state index contributed by atoms with van der Waals surface area (Å²) in [6.07, 6.45) is 0. The maximum absolute atomic E-state index is 12.8. The summed E-state index contributed by atoms with van der Waals surface area (Å²) in [7, 11) is 0. The van der Waals surface area contributed by atoms with Gasteiger partial charge in [0.2, 0.25) is 6.79 Å². The monoisotopic (exact) mass is 259 g/mol. The Morgan fingerprint density at radius 1 is 1.05 bits per heavy atom. The Labute approximate surface area is 108 Å². The van der Waals surface area contributed by atoms with Crippen LogP contribution in [0.4, 0.5) is 10.1 Å². The molecule has 4 nitrogen and oxygen atoms in total. The van der Waals surface area contributed by atoms with Gasteiger partial charge in [0.05, 0.1) is 0 Å². The Bertz CT molecular complexity index is 625. The number of carbonyl (C=O) groups excluding carboxylic acids is 1. The molecule has 0 aliphatic carbocycles. The van der Waals surface area contributed by atoms with Crippen molar-refractivity contribution in [3.63, 3.8) is 0 Å². The third-order valence-corrected chi connectivity index (χ3v) is 2.74. The predicted octanol–water partition coefficient (Wildman–Crippen LogP) is 2.81. The van der Waals surface area contributed by atoms with E-state index in [2.05, 4.69) is 5.32 Å². The first-order chi connectivity index (χ1) is 9.22. The fourth-order valence-electron chi connectivity index (χ4n) is 1.78. The zero-order valence-corrected chi connectivity index (χ0v) is 9.85. The van der Waals surface area contributed by atoms with Crippen LogP contribution in [0.1, 0.15) is 10.4 Å². The van der Waals surface area contributed by atoms with E-state index in [1.54, 1.807) is 18.2 Å². The number of hydrogen-bond donors (Lipinski definition) is 1. The fourth-order valence-corrected chi connectivity index (χ4v) is 1.78. The van der Waals surface area contributed by atoms with Crippen LogP contribution < -0.4 is 14.8 Å². The first kappa shape index (κ1) is 11.5. The van der Waals surface area contributed by atoms with Crippen molar-refractivity contribution < 1.29 is 18.7 Å². The van der Waals surface area contributed by atoms with E-state index in [4.69, 9.17) is 9.47 Å². The molecule has 19 heavy (non-hydrogen) atoms. The minimum atomic E-state index is -0.375. The van der Waals surface area contributed by atoms with E-state index in [1.165, 1.54) is 24.3 Å². The van der Waals surface area contributed by atoms with E-state index in [0.29, 0.717) is 22.7 Å². The second-order valence-corrected chi connectivity index (χ2v) is 4.03. The molecule has 2 aromatic carbocycles. The zero-order valence-electron chi connectivity index (χ0n) is 9.85. The van der Waals surface area contributed by atoms with Crippen molar-refractivity contribution in [1.29, 1.82) is 0 Å². The lowest BCUT2D eigenvalue weighted by Crippen LogP contribution is -2.11. The molecule has 2 aromatic rings. The van der Waals surface area contributed by atoms with Crippen LogP contribution in [0.25, 0.3) is 0 Å². The van der Waals surface area contributed by atoms with E-state index in [-0.39, 0.29) is 18.5 Å². The maximum atomic E-state index is 12.8. The van der Waals surface area contributed by atoms with E-state index in [9.17, 15) is 9.18 Å². The smallest absolute Gasteiger partial charge is 0.255 e. The molecule has 1 heterocycles. The number of anilines is 1. The van der Waals surface area contributed by atoms with Crippen LogP contribution in [0.5, 0.6) is 11.5 Å². The summed E-state index contributed by atoms with van der Waals surface area (Å²) in [6.45, 7) is 0.185. The van der Waals surface area contributed by atoms with Gasteiger partial charge in [-0.15, -0.1) is 0 Å². The predicted molar refractivity (Wildman–Crippen MR) is 66.9 cm³/mol. The summed E-state index contributed by atoms with van der Waals surface area (Å²) in [6, 6.07) is 10.5. The van der Waals surface area contributed by atoms with Gasteiger partial charge >= 0.3 is 0 Å². The van der Waals surface area contributed by atoms with Crippen LogP contribution >= 0.6 is 0 Å². The maximum Gasteiger partial charge on any atom is 0.255 e. The molecule has 0 unspecified atom stereocenters. The van der Waals surface area contributed by atoms with Gasteiger partial charge in [0.1, 0.15) is 5.82 Å². The molecule has 0 fully saturated rings. The molecule has 1 aliphatic rings. The summed E-state index contributed by atoms with van der Waals surface area (Å²) in [5.41, 5.74) is 0.984. The van der Waals surface area contributed by atoms with Crippen LogP contribution in [0, 0.1) is 5.82 Å². The minimum absolute atomic E-state index is 0.185. The molecule has 1 N–H and O–H groups in total. The molecule has 0 radical (unpaired) electrons. The third-order valence-electron chi connectivity index (χ3n) is 2.74. The molecule has 0 atom stereocenters. The molecule has 0 saturated carbocycles. The molecule has 3 rings (SSSR count). The molecular weight excluding hydrogens is 249 g/mol. The number of rotatable bonds is 2. The quantitative estimate of drug-likeness (QED) is 0.902. The SMILES string of the molecule is O=C(Nc1ccc2c(c1)OCO2)c1ccc(F)cc1. The minimum Gasteiger partial charge on any atom is -0.454 e. The van der Waals surface area contributed by atoms with Crippen LogP contribution in [-0.2, 0) is 0 Å². The van der Waals surface area contributed by atoms with Gasteiger partial charge in [-0.1, -0.05) is 0 Å². The van der Waals surface area contributed by atoms with Crippen molar-refractivity contribution in [2.45, 2.75) is 0 Å². The second kappa shape index (κ2) is 4.61. The number of ether oxygens (including phenoxy) is 2. The van der Waals surface area contributed by atoms with Crippen molar-refractivity contribution >= 4 is 11.6 Å². The van der Waals surface area contributed by atoms with Crippen molar-refractivity contribution in [1.82, 2.24) is 0 Å². The van der Waals surface area contributed by atoms with Crippen LogP contribution in [0.3, 0.4) is 0 Å². The van der Waals surface area contributed by atoms with E-state index < -0.39 is 0 Å². The fraction of sp³-hybridized carbons (Fsp3) is 0.0714. The van der Waals surface area contributed by atoms with Gasteiger partial charge in [-0.25, -0.2) is 4.39 Å². The van der Waals surface area contributed by atoms with Gasteiger partial charge in [0.25, 0.3) is 5.91 Å². The first-order valence-corrected chi connectivity index (χ1v) is 5.69. The summed E-state index contributed by atoms with van der Waals surface area (Å²) < 4.78 is 23.2. The lowest BCUT2D eigenvalue weighted by Gasteiger charge is -2.06. The molecule has 0 aromatic heterocycles. The Kier molecular flexibility index (Phi) is 2.79. The van der Waals surface area contributed by atoms with Gasteiger partial charge < -0.3 is 14.8 Å². The second-order valence-electron chi connectivity index (χ2n) is 4.03. The third kappa shape index (κ3) is 2.35. The first-order valence-electron chi connectivity index (χ1n) is 5.69. The summed E-state index contributed by atoms with van der Waals surface area (Å²) >= 11 is 0. The number of hydrogen-bond acceptors (Lipinski definition) is 3. The van der Waals surface area contributed by atoms with Crippen molar-refractivity contribution in [2.75, 3.05) is 12.1 Å². The number of carbonyl (C=O) groups is 1. The number of halogens is 1. The Morgan fingerprint density at radius 2 is 1.79 bits per heavy atom. The van der Waals surface area contributed by atoms with Gasteiger partial charge in [-0.3, -0.25) is 4.79 Å². The highest BCUT2D eigenvalue weighted by molar-refractivity contribution is 6.04. The Morgan fingerprint density at radius 3 is 2.58 bits per heavy atom. The molecule has 0 spiro atoms. The number of nitrogens with one attached hydrogen (secondary N) is 1. The lowest BCUT2D eigenvalue weighted by molar-refractivity contribution is 0.102. The van der Waals surface area contributed by atoms with Gasteiger partial charge in [0.15, 0.2) is 11.5 Å². The number of fused-ring (bicyclic) bond motifs is 1. The van der Waals surface area contributed by atoms with Gasteiger partial charge in [-0.05, 0) is 36.4 Å². The average Bonchev–Trinajstić information content (AvgIpc) is 2.87. The molecule has 0 bridgehead atoms. The zero-order chi connectivity index (χ0) is 13.2. The molecule has 5 heteroatoms. The van der Waals surface area contributed by atoms with E-state index >= 15 is 0 Å². The highest BCUT2D eigenvalue weighted by Crippen LogP contribution is 2.34. The largest absolute Gasteiger partial charge is 0.454 e. The van der Waals surface area contributed by atoms with Crippen LogP contribution in [0.15, 0.2) is 42.5 Å². The molecular formula is C14H10FNO3. The highest BCUT2D eigenvalue weighted by atomic mass is 19.1. The summed E-state index contributed by atoms with van der Waals surface area (Å²) in [5, 5.41) is 2.71. The van der Waals surface area contributed by atoms with Crippen LogP contribution in [0.2, 0.25) is 0 Å². The van der Waals surface area contributed by atoms with Crippen molar-refractivity contribution in [3.05, 3.63) is 53.8 Å². The summed E-state index contributed by atoms with van der Waals surface area (Å²) in [4.78, 5) is 11.9. The number of amides is 1. The van der Waals surface area contributed by atoms with Gasteiger partial charge in [-0.2, -0.15) is 0 Å². The topological polar surface area (TPSA) is 47.6 Å². The highest BCUT2D eigenvalue weighted by Gasteiger charge is 2.14. The summed E-state index contributed by atoms with van der Waals surface area (Å²) in [5.74, 6) is 0.565. The lowest BCUT2D eigenvalue weighted by atomic mass is 10.2. The molecule has 0 saturated heterocycles. The van der Waals surface area contributed by atoms with Gasteiger partial charge in [0, 0.05) is 17.3 Å². The van der Waals surface area contributed by atoms with E-state index in [1.807, 2.05) is 0 Å². The number of benzene rings is 2. The van der Waals surface area contributed by atoms with Crippen molar-refractivity contribution in [2.24, 2.45) is 0 Å². The standard InChI is InChI=1S/C14H10FNO3/c15-10-3-1-9(2-4-10)14(17)16-11-5-6-12-13(7-11)19-8-18-12/h1-7H,8H2,(H,16,17). The van der Waals surface area contributed by atoms with E-state index in [0.717, 1.165) is 0 Å². The normalized spacial score (nSPS) is 12.3. The molecule has 1 aliphatic heterocycles.